The van der Waals surface area contributed by atoms with Crippen molar-refractivity contribution in [1.29, 1.82) is 5.26 Å². The topological polar surface area (TPSA) is 72.1 Å². The smallest absolute Gasteiger partial charge is 0.329 e. The quantitative estimate of drug-likeness (QED) is 0.597. The second-order valence-electron chi connectivity index (χ2n) is 7.80. The number of carbonyl (C=O) groups excluding carboxylic acids is 1. The fraction of sp³-hybridized carbons (Fsp3) is 0.292. The third-order valence-electron chi connectivity index (χ3n) is 6.02. The van der Waals surface area contributed by atoms with Gasteiger partial charge in [-0.15, -0.1) is 11.8 Å². The second-order valence-corrected chi connectivity index (χ2v) is 8.81. The lowest BCUT2D eigenvalue weighted by Crippen LogP contribution is -2.32. The summed E-state index contributed by atoms with van der Waals surface area (Å²) in [5.41, 5.74) is 2.78. The zero-order valence-electron chi connectivity index (χ0n) is 16.6. The standard InChI is InChI=1S/C24H20N2O3S/c1-29-24(28)20-13-30-23-21(15-9-10-15)18(19(12-25)22(27)26(20)23)11-16-7-4-6-14-5-2-3-8-17(14)16/h2-8,15,20H,9-11,13H2,1H3/t20-/m0/s1. The van der Waals surface area contributed by atoms with Gasteiger partial charge in [-0.25, -0.2) is 4.79 Å². The summed E-state index contributed by atoms with van der Waals surface area (Å²) in [5, 5.41) is 13.1. The van der Waals surface area contributed by atoms with Crippen molar-refractivity contribution in [1.82, 2.24) is 4.57 Å². The molecule has 1 aliphatic heterocycles. The first-order valence-electron chi connectivity index (χ1n) is 10.0. The van der Waals surface area contributed by atoms with Gasteiger partial charge in [-0.3, -0.25) is 9.36 Å². The van der Waals surface area contributed by atoms with Crippen molar-refractivity contribution in [3.8, 4) is 6.07 Å². The molecule has 3 aromatic rings. The Bertz CT molecular complexity index is 1280. The van der Waals surface area contributed by atoms with Gasteiger partial charge in [0.25, 0.3) is 5.56 Å². The maximum atomic E-state index is 13.3. The fourth-order valence-corrected chi connectivity index (χ4v) is 5.83. The number of carbonyl (C=O) groups is 1. The minimum Gasteiger partial charge on any atom is -0.467 e. The van der Waals surface area contributed by atoms with E-state index < -0.39 is 12.0 Å². The van der Waals surface area contributed by atoms with Gasteiger partial charge in [0.05, 0.1) is 12.1 Å². The molecule has 2 aliphatic rings. The average Bonchev–Trinajstić information content (AvgIpc) is 3.51. The number of esters is 1. The van der Waals surface area contributed by atoms with Crippen LogP contribution in [0.2, 0.25) is 0 Å². The van der Waals surface area contributed by atoms with E-state index in [1.165, 1.54) is 23.4 Å². The summed E-state index contributed by atoms with van der Waals surface area (Å²) in [6.07, 6.45) is 2.62. The molecule has 150 valence electrons. The minimum absolute atomic E-state index is 0.157. The molecule has 1 atom stereocenters. The van der Waals surface area contributed by atoms with Gasteiger partial charge in [0.2, 0.25) is 0 Å². The van der Waals surface area contributed by atoms with Crippen molar-refractivity contribution < 1.29 is 9.53 Å². The molecule has 30 heavy (non-hydrogen) atoms. The van der Waals surface area contributed by atoms with Crippen molar-refractivity contribution in [3.63, 3.8) is 0 Å². The number of aromatic nitrogens is 1. The van der Waals surface area contributed by atoms with Gasteiger partial charge in [-0.2, -0.15) is 5.26 Å². The zero-order valence-corrected chi connectivity index (χ0v) is 17.4. The Labute approximate surface area is 178 Å². The molecular weight excluding hydrogens is 396 g/mol. The Balaban J connectivity index is 1.73. The normalized spacial score (nSPS) is 17.5. The van der Waals surface area contributed by atoms with Crippen LogP contribution in [0.3, 0.4) is 0 Å². The lowest BCUT2D eigenvalue weighted by atomic mass is 9.92. The summed E-state index contributed by atoms with van der Waals surface area (Å²) in [7, 11) is 1.33. The molecule has 0 radical (unpaired) electrons. The summed E-state index contributed by atoms with van der Waals surface area (Å²) in [6.45, 7) is 0. The van der Waals surface area contributed by atoms with E-state index in [0.717, 1.165) is 45.3 Å². The molecule has 1 fully saturated rings. The van der Waals surface area contributed by atoms with E-state index >= 15 is 0 Å². The van der Waals surface area contributed by atoms with Crippen LogP contribution < -0.4 is 5.56 Å². The van der Waals surface area contributed by atoms with Crippen LogP contribution in [0, 0.1) is 11.3 Å². The van der Waals surface area contributed by atoms with Gasteiger partial charge >= 0.3 is 5.97 Å². The van der Waals surface area contributed by atoms with E-state index in [9.17, 15) is 14.9 Å². The number of methoxy groups -OCH3 is 1. The highest BCUT2D eigenvalue weighted by molar-refractivity contribution is 7.99. The van der Waals surface area contributed by atoms with Crippen LogP contribution in [0.15, 0.2) is 52.3 Å². The third kappa shape index (κ3) is 2.93. The van der Waals surface area contributed by atoms with Gasteiger partial charge < -0.3 is 4.74 Å². The molecule has 0 saturated heterocycles. The Hall–Kier alpha value is -3.04. The minimum atomic E-state index is -0.668. The monoisotopic (exact) mass is 416 g/mol. The fourth-order valence-electron chi connectivity index (χ4n) is 4.44. The molecule has 2 aromatic carbocycles. The molecule has 1 aliphatic carbocycles. The van der Waals surface area contributed by atoms with Crippen LogP contribution in [0.1, 0.15) is 47.1 Å². The molecule has 0 N–H and O–H groups in total. The highest BCUT2D eigenvalue weighted by Crippen LogP contribution is 2.49. The SMILES string of the molecule is COC(=O)[C@@H]1CSc2c(C3CC3)c(Cc3cccc4ccccc34)c(C#N)c(=O)n21. The zero-order chi connectivity index (χ0) is 20.8. The number of hydrogen-bond acceptors (Lipinski definition) is 5. The Morgan fingerprint density at radius 1 is 1.23 bits per heavy atom. The predicted octanol–water partition coefficient (Wildman–Crippen LogP) is 4.16. The first-order valence-corrected chi connectivity index (χ1v) is 11.0. The van der Waals surface area contributed by atoms with Crippen LogP contribution in [0.4, 0.5) is 0 Å². The first-order chi connectivity index (χ1) is 14.6. The molecule has 0 unspecified atom stereocenters. The van der Waals surface area contributed by atoms with Gasteiger partial charge in [0, 0.05) is 5.75 Å². The summed E-state index contributed by atoms with van der Waals surface area (Å²) >= 11 is 1.53. The van der Waals surface area contributed by atoms with Gasteiger partial charge in [0.15, 0.2) is 0 Å². The molecule has 6 heteroatoms. The molecule has 0 spiro atoms. The third-order valence-corrected chi connectivity index (χ3v) is 7.19. The van der Waals surface area contributed by atoms with Gasteiger partial charge in [-0.1, -0.05) is 42.5 Å². The van der Waals surface area contributed by atoms with Crippen molar-refractivity contribution in [3.05, 3.63) is 75.1 Å². The Morgan fingerprint density at radius 2 is 2.00 bits per heavy atom. The molecule has 1 aromatic heterocycles. The molecule has 2 heterocycles. The number of nitriles is 1. The van der Waals surface area contributed by atoms with E-state index in [-0.39, 0.29) is 11.1 Å². The molecule has 0 bridgehead atoms. The lowest BCUT2D eigenvalue weighted by Gasteiger charge is -2.19. The summed E-state index contributed by atoms with van der Waals surface area (Å²) in [6, 6.07) is 15.8. The first kappa shape index (κ1) is 19.0. The van der Waals surface area contributed by atoms with Crippen LogP contribution in [-0.2, 0) is 16.0 Å². The van der Waals surface area contributed by atoms with Crippen molar-refractivity contribution in [2.45, 2.75) is 36.2 Å². The lowest BCUT2D eigenvalue weighted by molar-refractivity contribution is -0.143. The molecule has 5 nitrogen and oxygen atoms in total. The Kier molecular flexibility index (Phi) is 4.63. The Morgan fingerprint density at radius 3 is 2.73 bits per heavy atom. The van der Waals surface area contributed by atoms with Gasteiger partial charge in [0.1, 0.15) is 17.7 Å². The van der Waals surface area contributed by atoms with Crippen molar-refractivity contribution >= 4 is 28.5 Å². The van der Waals surface area contributed by atoms with E-state index in [0.29, 0.717) is 18.1 Å². The molecular formula is C24H20N2O3S. The summed E-state index contributed by atoms with van der Waals surface area (Å²) < 4.78 is 6.42. The number of thioether (sulfide) groups is 1. The van der Waals surface area contributed by atoms with Crippen LogP contribution in [0.25, 0.3) is 10.8 Å². The number of fused-ring (bicyclic) bond motifs is 2. The number of benzene rings is 2. The van der Waals surface area contributed by atoms with Crippen LogP contribution >= 0.6 is 11.8 Å². The molecule has 5 rings (SSSR count). The van der Waals surface area contributed by atoms with Gasteiger partial charge in [-0.05, 0) is 52.6 Å². The average molecular weight is 417 g/mol. The van der Waals surface area contributed by atoms with E-state index in [4.69, 9.17) is 4.74 Å². The number of ether oxygens (including phenoxy) is 1. The highest BCUT2D eigenvalue weighted by atomic mass is 32.2. The summed E-state index contributed by atoms with van der Waals surface area (Å²) in [5.74, 6) is 0.369. The summed E-state index contributed by atoms with van der Waals surface area (Å²) in [4.78, 5) is 25.6. The number of pyridine rings is 1. The largest absolute Gasteiger partial charge is 0.467 e. The van der Waals surface area contributed by atoms with E-state index in [1.54, 1.807) is 0 Å². The second kappa shape index (κ2) is 7.33. The van der Waals surface area contributed by atoms with Crippen molar-refractivity contribution in [2.75, 3.05) is 12.9 Å². The van der Waals surface area contributed by atoms with Crippen LogP contribution in [0.5, 0.6) is 0 Å². The maximum Gasteiger partial charge on any atom is 0.329 e. The number of nitrogens with zero attached hydrogens (tertiary/aromatic N) is 2. The maximum absolute atomic E-state index is 13.3. The number of hydrogen-bond donors (Lipinski definition) is 0. The predicted molar refractivity (Wildman–Crippen MR) is 116 cm³/mol. The molecule has 0 amide bonds. The van der Waals surface area contributed by atoms with E-state index in [1.807, 2.05) is 18.2 Å². The highest BCUT2D eigenvalue weighted by Gasteiger charge is 2.40. The van der Waals surface area contributed by atoms with Crippen LogP contribution in [-0.4, -0.2) is 23.4 Å². The van der Waals surface area contributed by atoms with E-state index in [2.05, 4.69) is 30.3 Å². The van der Waals surface area contributed by atoms with Crippen molar-refractivity contribution in [2.24, 2.45) is 0 Å². The molecule has 1 saturated carbocycles. The number of rotatable bonds is 4.